The van der Waals surface area contributed by atoms with Gasteiger partial charge in [0.1, 0.15) is 0 Å². The molecule has 0 saturated carbocycles. The smallest absolute Gasteiger partial charge is 0.00190 e. The highest BCUT2D eigenvalue weighted by atomic mass is 15.1. The van der Waals surface area contributed by atoms with Crippen LogP contribution in [0.25, 0.3) is 0 Å². The molecule has 72 valence electrons. The molecule has 1 nitrogen and oxygen atoms in total. The monoisotopic (exact) mass is 169 g/mol. The van der Waals surface area contributed by atoms with Crippen molar-refractivity contribution >= 4 is 0 Å². The predicted octanol–water partition coefficient (Wildman–Crippen LogP) is 2.62. The number of likely N-dealkylation sites (tertiary alicyclic amines) is 1. The summed E-state index contributed by atoms with van der Waals surface area (Å²) in [5.74, 6) is 2.76. The molecular formula is C11H23N. The third kappa shape index (κ3) is 2.48. The fourth-order valence-electron chi connectivity index (χ4n) is 2.10. The number of hydrogen-bond donors (Lipinski definition) is 0. The normalized spacial score (nSPS) is 24.8. The summed E-state index contributed by atoms with van der Waals surface area (Å²) in [5.41, 5.74) is 0. The van der Waals surface area contributed by atoms with Crippen molar-refractivity contribution in [3.63, 3.8) is 0 Å². The van der Waals surface area contributed by atoms with E-state index < -0.39 is 0 Å². The van der Waals surface area contributed by atoms with Crippen LogP contribution in [0.1, 0.15) is 33.6 Å². The molecule has 1 unspecified atom stereocenters. The van der Waals surface area contributed by atoms with Crippen LogP contribution in [0, 0.1) is 17.8 Å². The Morgan fingerprint density at radius 1 is 1.08 bits per heavy atom. The van der Waals surface area contributed by atoms with Gasteiger partial charge in [0, 0.05) is 0 Å². The molecule has 0 aromatic carbocycles. The van der Waals surface area contributed by atoms with Crippen LogP contribution in [0.2, 0.25) is 0 Å². The summed E-state index contributed by atoms with van der Waals surface area (Å²) in [6.07, 6.45) is 2.83. The van der Waals surface area contributed by atoms with Crippen LogP contribution in [0.5, 0.6) is 0 Å². The van der Waals surface area contributed by atoms with Crippen LogP contribution in [0.15, 0.2) is 0 Å². The number of rotatable bonds is 2. The zero-order chi connectivity index (χ0) is 9.14. The van der Waals surface area contributed by atoms with Crippen molar-refractivity contribution in [2.24, 2.45) is 17.8 Å². The lowest BCUT2D eigenvalue weighted by molar-refractivity contribution is 0.153. The van der Waals surface area contributed by atoms with Gasteiger partial charge in [-0.15, -0.1) is 0 Å². The second-order valence-electron chi connectivity index (χ2n) is 4.74. The van der Waals surface area contributed by atoms with Crippen LogP contribution in [0.3, 0.4) is 0 Å². The number of piperidine rings is 1. The summed E-state index contributed by atoms with van der Waals surface area (Å²) in [4.78, 5) is 2.45. The van der Waals surface area contributed by atoms with Crippen molar-refractivity contribution in [3.05, 3.63) is 0 Å². The molecule has 1 heteroatoms. The van der Waals surface area contributed by atoms with E-state index in [0.29, 0.717) is 0 Å². The van der Waals surface area contributed by atoms with E-state index in [1.807, 2.05) is 0 Å². The van der Waals surface area contributed by atoms with Crippen LogP contribution >= 0.6 is 0 Å². The first-order valence-electron chi connectivity index (χ1n) is 5.29. The molecule has 0 N–H and O–H groups in total. The lowest BCUT2D eigenvalue weighted by Crippen LogP contribution is -2.33. The first-order valence-corrected chi connectivity index (χ1v) is 5.29. The molecule has 1 saturated heterocycles. The topological polar surface area (TPSA) is 3.24 Å². The van der Waals surface area contributed by atoms with Gasteiger partial charge in [-0.25, -0.2) is 0 Å². The van der Waals surface area contributed by atoms with Gasteiger partial charge >= 0.3 is 0 Å². The molecule has 1 atom stereocenters. The van der Waals surface area contributed by atoms with Gasteiger partial charge in [0.25, 0.3) is 0 Å². The van der Waals surface area contributed by atoms with Crippen molar-refractivity contribution in [3.8, 4) is 0 Å². The Balaban J connectivity index is 2.34. The maximum absolute atomic E-state index is 2.45. The zero-order valence-electron chi connectivity index (χ0n) is 9.01. The third-order valence-corrected chi connectivity index (χ3v) is 3.56. The molecule has 1 heterocycles. The van der Waals surface area contributed by atoms with Gasteiger partial charge in [0.05, 0.1) is 0 Å². The Bertz CT molecular complexity index is 123. The summed E-state index contributed by atoms with van der Waals surface area (Å²) in [7, 11) is 2.23. The van der Waals surface area contributed by atoms with Gasteiger partial charge in [-0.2, -0.15) is 0 Å². The number of nitrogens with zero attached hydrogens (tertiary/aromatic N) is 1. The molecule has 1 aliphatic rings. The fraction of sp³-hybridized carbons (Fsp3) is 1.00. The summed E-state index contributed by atoms with van der Waals surface area (Å²) >= 11 is 0. The molecule has 12 heavy (non-hydrogen) atoms. The highest BCUT2D eigenvalue weighted by Gasteiger charge is 2.23. The molecule has 0 bridgehead atoms. The van der Waals surface area contributed by atoms with E-state index >= 15 is 0 Å². The van der Waals surface area contributed by atoms with Gasteiger partial charge < -0.3 is 4.90 Å². The summed E-state index contributed by atoms with van der Waals surface area (Å²) in [6, 6.07) is 0. The Labute approximate surface area is 77.1 Å². The minimum absolute atomic E-state index is 0.860. The lowest BCUT2D eigenvalue weighted by Gasteiger charge is -2.34. The highest BCUT2D eigenvalue weighted by Crippen LogP contribution is 2.28. The van der Waals surface area contributed by atoms with E-state index in [-0.39, 0.29) is 0 Å². The van der Waals surface area contributed by atoms with Crippen molar-refractivity contribution < 1.29 is 0 Å². The molecule has 1 aliphatic heterocycles. The van der Waals surface area contributed by atoms with Gasteiger partial charge in [-0.1, -0.05) is 20.8 Å². The fourth-order valence-corrected chi connectivity index (χ4v) is 2.10. The molecule has 0 spiro atoms. The predicted molar refractivity (Wildman–Crippen MR) is 54.2 cm³/mol. The van der Waals surface area contributed by atoms with Crippen LogP contribution in [0.4, 0.5) is 0 Å². The van der Waals surface area contributed by atoms with Crippen molar-refractivity contribution in [1.82, 2.24) is 4.90 Å². The molecular weight excluding hydrogens is 146 g/mol. The van der Waals surface area contributed by atoms with Gasteiger partial charge in [-0.05, 0) is 50.7 Å². The maximum atomic E-state index is 2.45. The van der Waals surface area contributed by atoms with Crippen LogP contribution < -0.4 is 0 Å². The summed E-state index contributed by atoms with van der Waals surface area (Å²) in [5, 5.41) is 0. The van der Waals surface area contributed by atoms with Gasteiger partial charge in [0.15, 0.2) is 0 Å². The van der Waals surface area contributed by atoms with E-state index in [4.69, 9.17) is 0 Å². The van der Waals surface area contributed by atoms with Crippen molar-refractivity contribution in [2.75, 3.05) is 20.1 Å². The molecule has 0 aromatic heterocycles. The zero-order valence-corrected chi connectivity index (χ0v) is 9.01. The largest absolute Gasteiger partial charge is 0.306 e. The highest BCUT2D eigenvalue weighted by molar-refractivity contribution is 4.75. The Kier molecular flexibility index (Phi) is 3.57. The molecule has 1 fully saturated rings. The Hall–Kier alpha value is -0.0400. The lowest BCUT2D eigenvalue weighted by atomic mass is 9.79. The average Bonchev–Trinajstić information content (AvgIpc) is 2.04. The summed E-state index contributed by atoms with van der Waals surface area (Å²) < 4.78 is 0. The second kappa shape index (κ2) is 4.27. The van der Waals surface area contributed by atoms with Crippen LogP contribution in [-0.2, 0) is 0 Å². The summed E-state index contributed by atoms with van der Waals surface area (Å²) in [6.45, 7) is 9.73. The van der Waals surface area contributed by atoms with Crippen molar-refractivity contribution in [2.45, 2.75) is 33.6 Å². The number of hydrogen-bond acceptors (Lipinski definition) is 1. The van der Waals surface area contributed by atoms with Gasteiger partial charge in [0.2, 0.25) is 0 Å². The van der Waals surface area contributed by atoms with E-state index in [0.717, 1.165) is 17.8 Å². The second-order valence-corrected chi connectivity index (χ2v) is 4.74. The molecule has 0 aliphatic carbocycles. The molecule has 0 amide bonds. The molecule has 0 aromatic rings. The first kappa shape index (κ1) is 10.0. The quantitative estimate of drug-likeness (QED) is 0.614. The average molecular weight is 169 g/mol. The maximum Gasteiger partial charge on any atom is -0.00190 e. The Morgan fingerprint density at radius 3 is 2.00 bits per heavy atom. The Morgan fingerprint density at radius 2 is 1.58 bits per heavy atom. The minimum atomic E-state index is 0.860. The van der Waals surface area contributed by atoms with E-state index in [1.54, 1.807) is 0 Å². The van der Waals surface area contributed by atoms with E-state index in [2.05, 4.69) is 32.7 Å². The standard InChI is InChI=1S/C11H23N/c1-9(2)10(3)11-5-7-12(4)8-6-11/h9-11H,5-8H2,1-4H3. The van der Waals surface area contributed by atoms with Gasteiger partial charge in [-0.3, -0.25) is 0 Å². The molecule has 1 rings (SSSR count). The minimum Gasteiger partial charge on any atom is -0.306 e. The van der Waals surface area contributed by atoms with E-state index in [1.165, 1.54) is 25.9 Å². The first-order chi connectivity index (χ1) is 5.61. The SMILES string of the molecule is CC(C)C(C)C1CCN(C)CC1. The van der Waals surface area contributed by atoms with Crippen LogP contribution in [-0.4, -0.2) is 25.0 Å². The van der Waals surface area contributed by atoms with Crippen molar-refractivity contribution in [1.29, 1.82) is 0 Å². The molecule has 0 radical (unpaired) electrons. The third-order valence-electron chi connectivity index (χ3n) is 3.56. The van der Waals surface area contributed by atoms with E-state index in [9.17, 15) is 0 Å².